The highest BCUT2D eigenvalue weighted by molar-refractivity contribution is 6.61. The topological polar surface area (TPSA) is 69.4 Å². The van der Waals surface area contributed by atoms with Crippen LogP contribution in [-0.2, 0) is 9.31 Å². The van der Waals surface area contributed by atoms with Crippen molar-refractivity contribution >= 4 is 18.5 Å². The Balaban J connectivity index is 1.96. The predicted octanol–water partition coefficient (Wildman–Crippen LogP) is 0.650. The van der Waals surface area contributed by atoms with Crippen molar-refractivity contribution in [3.05, 3.63) is 17.7 Å². The molecule has 2 aliphatic heterocycles. The number of pyridine rings is 1. The highest BCUT2D eigenvalue weighted by Gasteiger charge is 2.53. The van der Waals surface area contributed by atoms with Gasteiger partial charge in [0.05, 0.1) is 16.8 Å². The van der Waals surface area contributed by atoms with Gasteiger partial charge in [0.15, 0.2) is 0 Å². The van der Waals surface area contributed by atoms with E-state index in [0.29, 0.717) is 11.7 Å². The fraction of sp³-hybridized carbons (Fsp3) is 0.643. The van der Waals surface area contributed by atoms with E-state index in [1.807, 2.05) is 39.8 Å². The van der Waals surface area contributed by atoms with Crippen LogP contribution in [0, 0.1) is 0 Å². The Hall–Kier alpha value is -1.11. The number of nitrogen functional groups attached to an aromatic ring is 1. The highest BCUT2D eigenvalue weighted by atomic mass is 16.7. The Morgan fingerprint density at radius 1 is 1.20 bits per heavy atom. The van der Waals surface area contributed by atoms with Gasteiger partial charge < -0.3 is 20.4 Å². The summed E-state index contributed by atoms with van der Waals surface area (Å²) in [4.78, 5) is 4.49. The van der Waals surface area contributed by atoms with Crippen molar-refractivity contribution in [3.8, 4) is 0 Å². The van der Waals surface area contributed by atoms with Crippen LogP contribution in [0.5, 0.6) is 0 Å². The molecule has 1 aromatic rings. The third-order valence-corrected chi connectivity index (χ3v) is 4.68. The third-order valence-electron chi connectivity index (χ3n) is 4.68. The number of aromatic nitrogens is 1. The van der Waals surface area contributed by atoms with E-state index in [2.05, 4.69) is 10.3 Å². The molecule has 1 aromatic heterocycles. The van der Waals surface area contributed by atoms with Crippen molar-refractivity contribution in [1.82, 2.24) is 10.3 Å². The standard InChI is InChI=1S/C14H22BN3O2/c1-13(2)14(3,4)20-15(19-13)12-10(9-7-17-8-9)5-6-11(16)18-12/h5-6,9,17H,7-8H2,1-4H3,(H2,16,18). The molecule has 5 nitrogen and oxygen atoms in total. The van der Waals surface area contributed by atoms with Crippen molar-refractivity contribution in [2.45, 2.75) is 44.8 Å². The predicted molar refractivity (Wildman–Crippen MR) is 80.0 cm³/mol. The number of hydrogen-bond acceptors (Lipinski definition) is 5. The zero-order valence-electron chi connectivity index (χ0n) is 12.6. The van der Waals surface area contributed by atoms with Gasteiger partial charge in [0, 0.05) is 19.0 Å². The maximum Gasteiger partial charge on any atom is 0.514 e. The summed E-state index contributed by atoms with van der Waals surface area (Å²) in [5.41, 5.74) is 7.13. The van der Waals surface area contributed by atoms with Crippen molar-refractivity contribution in [1.29, 1.82) is 0 Å². The van der Waals surface area contributed by atoms with Crippen molar-refractivity contribution in [2.75, 3.05) is 18.8 Å². The molecule has 6 heteroatoms. The molecule has 0 aliphatic carbocycles. The molecular weight excluding hydrogens is 253 g/mol. The molecule has 0 radical (unpaired) electrons. The zero-order valence-corrected chi connectivity index (χ0v) is 12.6. The molecule has 20 heavy (non-hydrogen) atoms. The van der Waals surface area contributed by atoms with Gasteiger partial charge in [-0.2, -0.15) is 0 Å². The lowest BCUT2D eigenvalue weighted by atomic mass is 9.76. The van der Waals surface area contributed by atoms with Gasteiger partial charge in [-0.05, 0) is 39.3 Å². The molecule has 3 N–H and O–H groups in total. The number of nitrogens with one attached hydrogen (secondary N) is 1. The first-order valence-electron chi connectivity index (χ1n) is 7.13. The first-order valence-corrected chi connectivity index (χ1v) is 7.13. The molecule has 0 spiro atoms. The Labute approximate surface area is 120 Å². The molecule has 3 heterocycles. The van der Waals surface area contributed by atoms with Gasteiger partial charge in [-0.1, -0.05) is 6.07 Å². The molecule has 0 bridgehead atoms. The van der Waals surface area contributed by atoms with E-state index in [4.69, 9.17) is 15.0 Å². The zero-order chi connectivity index (χ0) is 14.5. The van der Waals surface area contributed by atoms with Crippen LogP contribution in [0.4, 0.5) is 5.82 Å². The first-order chi connectivity index (χ1) is 9.30. The van der Waals surface area contributed by atoms with E-state index in [-0.39, 0.29) is 11.2 Å². The Morgan fingerprint density at radius 3 is 2.30 bits per heavy atom. The smallest absolute Gasteiger partial charge is 0.398 e. The first kappa shape index (κ1) is 13.9. The fourth-order valence-electron chi connectivity index (χ4n) is 2.50. The van der Waals surface area contributed by atoms with Gasteiger partial charge >= 0.3 is 7.12 Å². The second-order valence-electron chi connectivity index (χ2n) is 6.65. The van der Waals surface area contributed by atoms with Gasteiger partial charge in [-0.15, -0.1) is 0 Å². The number of anilines is 1. The minimum Gasteiger partial charge on any atom is -0.398 e. The molecule has 108 valence electrons. The molecule has 0 amide bonds. The maximum absolute atomic E-state index is 6.10. The van der Waals surface area contributed by atoms with Crippen LogP contribution in [0.25, 0.3) is 0 Å². The SMILES string of the molecule is CC1(C)OB(c2nc(N)ccc2C2CNC2)OC1(C)C. The van der Waals surface area contributed by atoms with E-state index in [1.54, 1.807) is 0 Å². The summed E-state index contributed by atoms with van der Waals surface area (Å²) in [6.45, 7) is 10.1. The van der Waals surface area contributed by atoms with Crippen molar-refractivity contribution in [3.63, 3.8) is 0 Å². The van der Waals surface area contributed by atoms with E-state index in [0.717, 1.165) is 18.7 Å². The summed E-state index contributed by atoms with van der Waals surface area (Å²) in [6, 6.07) is 3.90. The van der Waals surface area contributed by atoms with Crippen LogP contribution < -0.4 is 16.6 Å². The molecule has 2 aliphatic rings. The molecule has 0 saturated carbocycles. The lowest BCUT2D eigenvalue weighted by Crippen LogP contribution is -2.47. The van der Waals surface area contributed by atoms with Crippen molar-refractivity contribution < 1.29 is 9.31 Å². The highest BCUT2D eigenvalue weighted by Crippen LogP contribution is 2.37. The van der Waals surface area contributed by atoms with Crippen LogP contribution in [0.2, 0.25) is 0 Å². The second-order valence-corrected chi connectivity index (χ2v) is 6.65. The molecule has 0 aromatic carbocycles. The minimum absolute atomic E-state index is 0.362. The lowest BCUT2D eigenvalue weighted by Gasteiger charge is -2.32. The van der Waals surface area contributed by atoms with Crippen LogP contribution in [0.1, 0.15) is 39.2 Å². The summed E-state index contributed by atoms with van der Waals surface area (Å²) in [5.74, 6) is 0.975. The molecule has 3 rings (SSSR count). The van der Waals surface area contributed by atoms with E-state index < -0.39 is 7.12 Å². The third kappa shape index (κ3) is 2.12. The van der Waals surface area contributed by atoms with Crippen LogP contribution in [0.15, 0.2) is 12.1 Å². The minimum atomic E-state index is -0.445. The Bertz CT molecular complexity index is 513. The summed E-state index contributed by atoms with van der Waals surface area (Å²) in [7, 11) is -0.445. The van der Waals surface area contributed by atoms with Crippen LogP contribution in [-0.4, -0.2) is 36.4 Å². The number of nitrogens with zero attached hydrogens (tertiary/aromatic N) is 1. The number of rotatable bonds is 2. The molecule has 2 fully saturated rings. The summed E-state index contributed by atoms with van der Waals surface area (Å²) in [5, 5.41) is 3.28. The maximum atomic E-state index is 6.10. The average Bonchev–Trinajstić information content (AvgIpc) is 2.48. The molecule has 2 saturated heterocycles. The largest absolute Gasteiger partial charge is 0.514 e. The monoisotopic (exact) mass is 275 g/mol. The average molecular weight is 275 g/mol. The van der Waals surface area contributed by atoms with E-state index in [1.165, 1.54) is 5.56 Å². The quantitative estimate of drug-likeness (QED) is 0.776. The number of nitrogens with two attached hydrogens (primary N) is 1. The van der Waals surface area contributed by atoms with Gasteiger partial charge in [-0.3, -0.25) is 0 Å². The van der Waals surface area contributed by atoms with E-state index >= 15 is 0 Å². The van der Waals surface area contributed by atoms with Gasteiger partial charge in [0.1, 0.15) is 5.82 Å². The normalized spacial score (nSPS) is 24.7. The number of hydrogen-bond donors (Lipinski definition) is 2. The second kappa shape index (κ2) is 4.45. The van der Waals surface area contributed by atoms with Crippen molar-refractivity contribution in [2.24, 2.45) is 0 Å². The summed E-state index contributed by atoms with van der Waals surface area (Å²) >= 11 is 0. The molecular formula is C14H22BN3O2. The fourth-order valence-corrected chi connectivity index (χ4v) is 2.50. The summed E-state index contributed by atoms with van der Waals surface area (Å²) in [6.07, 6.45) is 0. The molecule has 0 unspecified atom stereocenters. The van der Waals surface area contributed by atoms with E-state index in [9.17, 15) is 0 Å². The summed E-state index contributed by atoms with van der Waals surface area (Å²) < 4.78 is 12.2. The van der Waals surface area contributed by atoms with Crippen LogP contribution >= 0.6 is 0 Å². The van der Waals surface area contributed by atoms with Crippen LogP contribution in [0.3, 0.4) is 0 Å². The Morgan fingerprint density at radius 2 is 1.80 bits per heavy atom. The lowest BCUT2D eigenvalue weighted by molar-refractivity contribution is 0.00578. The molecule has 0 atom stereocenters. The van der Waals surface area contributed by atoms with Gasteiger partial charge in [0.2, 0.25) is 0 Å². The van der Waals surface area contributed by atoms with Gasteiger partial charge in [0.25, 0.3) is 0 Å². The Kier molecular flexibility index (Phi) is 3.08. The van der Waals surface area contributed by atoms with Gasteiger partial charge in [-0.25, -0.2) is 4.98 Å².